The first-order chi connectivity index (χ1) is 12.5. The fraction of sp³-hybridized carbons (Fsp3) is 0.556. The molecule has 5 nitrogen and oxygen atoms in total. The molecule has 144 valence electrons. The van der Waals surface area contributed by atoms with Crippen LogP contribution in [0.1, 0.15) is 44.6 Å². The van der Waals surface area contributed by atoms with E-state index in [0.29, 0.717) is 30.2 Å². The molecule has 2 amide bonds. The topological polar surface area (TPSA) is 58.6 Å². The summed E-state index contributed by atoms with van der Waals surface area (Å²) in [6, 6.07) is 3.29. The number of carbonyl (C=O) groups excluding carboxylic acids is 2. The summed E-state index contributed by atoms with van der Waals surface area (Å²) < 4.78 is 5.32. The van der Waals surface area contributed by atoms with Gasteiger partial charge in [0.1, 0.15) is 0 Å². The number of unbranched alkanes of at least 4 members (excludes halogenated alkanes) is 3. The van der Waals surface area contributed by atoms with Crippen LogP contribution in [-0.2, 0) is 11.2 Å². The van der Waals surface area contributed by atoms with Gasteiger partial charge in [0.2, 0.25) is 0 Å². The molecule has 0 aromatic heterocycles. The molecule has 26 heavy (non-hydrogen) atoms. The third-order valence-electron chi connectivity index (χ3n) is 4.24. The van der Waals surface area contributed by atoms with Crippen molar-refractivity contribution in [3.8, 4) is 5.75 Å². The first-order valence-corrected chi connectivity index (χ1v) is 10.1. The quantitative estimate of drug-likeness (QED) is 0.492. The third-order valence-corrected chi connectivity index (χ3v) is 5.03. The second kappa shape index (κ2) is 10.2. The molecule has 0 saturated carbocycles. The molecule has 0 radical (unpaired) electrons. The van der Waals surface area contributed by atoms with Crippen LogP contribution in [-0.4, -0.2) is 29.9 Å². The zero-order valence-electron chi connectivity index (χ0n) is 14.7. The summed E-state index contributed by atoms with van der Waals surface area (Å²) in [5, 5.41) is 3.06. The Morgan fingerprint density at radius 3 is 2.73 bits per heavy atom. The number of nitrogens with zero attached hydrogens (tertiary/aromatic N) is 1. The van der Waals surface area contributed by atoms with Crippen molar-refractivity contribution < 1.29 is 14.3 Å². The van der Waals surface area contributed by atoms with Gasteiger partial charge in [-0.25, -0.2) is 4.79 Å². The molecule has 0 atom stereocenters. The zero-order valence-corrected chi connectivity index (χ0v) is 17.0. The molecule has 8 heteroatoms. The second-order valence-corrected chi connectivity index (χ2v) is 7.62. The lowest BCUT2D eigenvalue weighted by Crippen LogP contribution is -2.38. The number of hydrogen-bond acceptors (Lipinski definition) is 3. The SMILES string of the molecule is CCCCCCNC(=O)Oc1ccc2c(c1Cl)CCCN2C(=O)C(Cl)Cl. The number of carbonyl (C=O) groups is 2. The van der Waals surface area contributed by atoms with Crippen molar-refractivity contribution in [1.29, 1.82) is 0 Å². The van der Waals surface area contributed by atoms with E-state index in [1.54, 1.807) is 12.1 Å². The van der Waals surface area contributed by atoms with Gasteiger partial charge < -0.3 is 15.0 Å². The van der Waals surface area contributed by atoms with Crippen LogP contribution in [0.3, 0.4) is 0 Å². The molecule has 1 aromatic carbocycles. The van der Waals surface area contributed by atoms with Crippen LogP contribution >= 0.6 is 34.8 Å². The Hall–Kier alpha value is -1.17. The first-order valence-electron chi connectivity index (χ1n) is 8.82. The molecule has 0 aliphatic carbocycles. The number of ether oxygens (including phenoxy) is 1. The Bertz CT molecular complexity index is 653. The molecule has 1 aliphatic heterocycles. The minimum absolute atomic E-state index is 0.277. The maximum Gasteiger partial charge on any atom is 0.412 e. The van der Waals surface area contributed by atoms with Gasteiger partial charge in [-0.2, -0.15) is 0 Å². The highest BCUT2D eigenvalue weighted by Gasteiger charge is 2.28. The maximum atomic E-state index is 12.2. The second-order valence-electron chi connectivity index (χ2n) is 6.15. The fourth-order valence-corrected chi connectivity index (χ4v) is 3.45. The van der Waals surface area contributed by atoms with E-state index >= 15 is 0 Å². The standard InChI is InChI=1S/C18H23Cl3N2O3/c1-2-3-4-5-10-22-18(25)26-14-9-8-13-12(15(14)19)7-6-11-23(13)17(24)16(20)21/h8-9,16H,2-7,10-11H2,1H3,(H,22,25). The summed E-state index contributed by atoms with van der Waals surface area (Å²) in [7, 11) is 0. The number of amides is 2. The Labute approximate surface area is 168 Å². The van der Waals surface area contributed by atoms with Crippen molar-refractivity contribution in [1.82, 2.24) is 5.32 Å². The average Bonchev–Trinajstić information content (AvgIpc) is 2.63. The van der Waals surface area contributed by atoms with Crippen LogP contribution in [0.5, 0.6) is 5.75 Å². The number of hydrogen-bond donors (Lipinski definition) is 1. The van der Waals surface area contributed by atoms with E-state index < -0.39 is 10.9 Å². The molecule has 1 aromatic rings. The summed E-state index contributed by atoms with van der Waals surface area (Å²) in [4.78, 5) is 24.5. The van der Waals surface area contributed by atoms with Crippen LogP contribution < -0.4 is 15.0 Å². The van der Waals surface area contributed by atoms with Gasteiger partial charge in [0.25, 0.3) is 5.91 Å². The molecule has 0 spiro atoms. The zero-order chi connectivity index (χ0) is 19.1. The first kappa shape index (κ1) is 21.1. The monoisotopic (exact) mass is 420 g/mol. The average molecular weight is 422 g/mol. The van der Waals surface area contributed by atoms with Crippen LogP contribution in [0.4, 0.5) is 10.5 Å². The molecule has 1 N–H and O–H groups in total. The van der Waals surface area contributed by atoms with Gasteiger partial charge in [0.05, 0.1) is 5.02 Å². The summed E-state index contributed by atoms with van der Waals surface area (Å²) >= 11 is 17.8. The van der Waals surface area contributed by atoms with Crippen LogP contribution in [0.2, 0.25) is 5.02 Å². The van der Waals surface area contributed by atoms with E-state index in [1.165, 1.54) is 4.90 Å². The van der Waals surface area contributed by atoms with Gasteiger partial charge in [0.15, 0.2) is 10.6 Å². The predicted octanol–water partition coefficient (Wildman–Crippen LogP) is 5.09. The van der Waals surface area contributed by atoms with Gasteiger partial charge in [-0.1, -0.05) is 61.0 Å². The predicted molar refractivity (Wildman–Crippen MR) is 106 cm³/mol. The Morgan fingerprint density at radius 2 is 2.04 bits per heavy atom. The minimum atomic E-state index is -1.13. The normalized spacial score (nSPS) is 13.5. The van der Waals surface area contributed by atoms with Crippen molar-refractivity contribution in [3.63, 3.8) is 0 Å². The van der Waals surface area contributed by atoms with Crippen molar-refractivity contribution in [3.05, 3.63) is 22.7 Å². The van der Waals surface area contributed by atoms with E-state index in [2.05, 4.69) is 12.2 Å². The van der Waals surface area contributed by atoms with Gasteiger partial charge >= 0.3 is 6.09 Å². The van der Waals surface area contributed by atoms with Gasteiger partial charge in [-0.3, -0.25) is 4.79 Å². The largest absolute Gasteiger partial charge is 0.412 e. The van der Waals surface area contributed by atoms with Gasteiger partial charge in [-0.05, 0) is 37.0 Å². The van der Waals surface area contributed by atoms with Crippen LogP contribution in [0.15, 0.2) is 12.1 Å². The van der Waals surface area contributed by atoms with E-state index in [1.807, 2.05) is 0 Å². The van der Waals surface area contributed by atoms with E-state index in [9.17, 15) is 9.59 Å². The summed E-state index contributed by atoms with van der Waals surface area (Å²) in [6.07, 6.45) is 5.15. The van der Waals surface area contributed by atoms with E-state index in [4.69, 9.17) is 39.5 Å². The Morgan fingerprint density at radius 1 is 1.27 bits per heavy atom. The highest BCUT2D eigenvalue weighted by Crippen LogP contribution is 2.39. The molecule has 1 aliphatic rings. The Balaban J connectivity index is 2.04. The summed E-state index contributed by atoms with van der Waals surface area (Å²) in [5.74, 6) is -0.108. The van der Waals surface area contributed by atoms with Crippen molar-refractivity contribution in [2.45, 2.75) is 50.3 Å². The molecular formula is C18H23Cl3N2O3. The van der Waals surface area contributed by atoms with Crippen molar-refractivity contribution in [2.75, 3.05) is 18.0 Å². The third kappa shape index (κ3) is 5.41. The summed E-state index contributed by atoms with van der Waals surface area (Å²) in [6.45, 7) is 3.22. The van der Waals surface area contributed by atoms with Crippen molar-refractivity contribution >= 4 is 52.5 Å². The highest BCUT2D eigenvalue weighted by molar-refractivity contribution is 6.54. The van der Waals surface area contributed by atoms with Crippen LogP contribution in [0.25, 0.3) is 0 Å². The van der Waals surface area contributed by atoms with E-state index in [0.717, 1.165) is 37.7 Å². The number of alkyl halides is 2. The number of fused-ring (bicyclic) bond motifs is 1. The molecule has 0 fully saturated rings. The minimum Gasteiger partial charge on any atom is -0.409 e. The van der Waals surface area contributed by atoms with E-state index in [-0.39, 0.29) is 11.7 Å². The van der Waals surface area contributed by atoms with Crippen molar-refractivity contribution in [2.24, 2.45) is 0 Å². The molecule has 0 unspecified atom stereocenters. The smallest absolute Gasteiger partial charge is 0.409 e. The molecule has 0 bridgehead atoms. The summed E-state index contributed by atoms with van der Waals surface area (Å²) in [5.41, 5.74) is 1.42. The lowest BCUT2D eigenvalue weighted by Gasteiger charge is -2.30. The van der Waals surface area contributed by atoms with Crippen LogP contribution in [0, 0.1) is 0 Å². The number of rotatable bonds is 7. The molecule has 1 heterocycles. The maximum absolute atomic E-state index is 12.2. The lowest BCUT2D eigenvalue weighted by atomic mass is 10.0. The fourth-order valence-electron chi connectivity index (χ4n) is 2.92. The number of benzene rings is 1. The lowest BCUT2D eigenvalue weighted by molar-refractivity contribution is -0.117. The highest BCUT2D eigenvalue weighted by atomic mass is 35.5. The Kier molecular flexibility index (Phi) is 8.32. The number of anilines is 1. The number of nitrogens with one attached hydrogen (secondary N) is 1. The molecule has 2 rings (SSSR count). The van der Waals surface area contributed by atoms with Gasteiger partial charge in [-0.15, -0.1) is 0 Å². The molecular weight excluding hydrogens is 399 g/mol. The molecule has 0 saturated heterocycles. The number of halogens is 3. The van der Waals surface area contributed by atoms with Gasteiger partial charge in [0, 0.05) is 18.8 Å².